The fraction of sp³-hybridized carbons (Fsp3) is 0.108. The van der Waals surface area contributed by atoms with Crippen LogP contribution >= 0.6 is 0 Å². The van der Waals surface area contributed by atoms with Crippen molar-refractivity contribution in [3.8, 4) is 56.4 Å². The normalized spacial score (nSPS) is 11.4. The fourth-order valence-corrected chi connectivity index (χ4v) is 4.77. The van der Waals surface area contributed by atoms with Crippen molar-refractivity contribution in [2.24, 2.45) is 0 Å². The Morgan fingerprint density at radius 1 is 0.325 bits per heavy atom. The molecular formula is C37H31N3. The molecule has 6 rings (SSSR count). The highest BCUT2D eigenvalue weighted by Crippen LogP contribution is 2.30. The zero-order chi connectivity index (χ0) is 27.5. The zero-order valence-corrected chi connectivity index (χ0v) is 23.0. The molecule has 0 radical (unpaired) electrons. The van der Waals surface area contributed by atoms with E-state index in [0.717, 1.165) is 27.8 Å². The van der Waals surface area contributed by atoms with Crippen LogP contribution in [0.15, 0.2) is 133 Å². The Labute approximate surface area is 236 Å². The van der Waals surface area contributed by atoms with E-state index in [4.69, 9.17) is 15.0 Å². The third kappa shape index (κ3) is 5.45. The van der Waals surface area contributed by atoms with Crippen LogP contribution in [0.1, 0.15) is 26.3 Å². The van der Waals surface area contributed by atoms with Gasteiger partial charge >= 0.3 is 0 Å². The first kappa shape index (κ1) is 25.4. The second-order valence-electron chi connectivity index (χ2n) is 11.0. The van der Waals surface area contributed by atoms with Gasteiger partial charge in [0.05, 0.1) is 0 Å². The third-order valence-electron chi connectivity index (χ3n) is 7.14. The molecule has 0 aliphatic rings. The van der Waals surface area contributed by atoms with Crippen LogP contribution in [0, 0.1) is 0 Å². The van der Waals surface area contributed by atoms with E-state index in [2.05, 4.69) is 142 Å². The van der Waals surface area contributed by atoms with Crippen molar-refractivity contribution in [3.63, 3.8) is 0 Å². The molecule has 40 heavy (non-hydrogen) atoms. The Morgan fingerprint density at radius 3 is 0.925 bits per heavy atom. The summed E-state index contributed by atoms with van der Waals surface area (Å²) in [6.45, 7) is 6.66. The SMILES string of the molecule is CC(C)(C)c1ccc(-c2nc(-c3ccc(-c4ccccc4)cc3)nc(-c3ccc(-c4ccccc4)cc3)n2)cc1. The van der Waals surface area contributed by atoms with Crippen LogP contribution in [0.3, 0.4) is 0 Å². The van der Waals surface area contributed by atoms with Crippen LogP contribution in [0.5, 0.6) is 0 Å². The van der Waals surface area contributed by atoms with E-state index in [0.29, 0.717) is 17.5 Å². The van der Waals surface area contributed by atoms with Gasteiger partial charge in [0.1, 0.15) is 0 Å². The average molecular weight is 518 g/mol. The lowest BCUT2D eigenvalue weighted by Gasteiger charge is -2.19. The van der Waals surface area contributed by atoms with Crippen molar-refractivity contribution in [1.82, 2.24) is 15.0 Å². The molecule has 194 valence electrons. The van der Waals surface area contributed by atoms with Gasteiger partial charge in [-0.3, -0.25) is 0 Å². The monoisotopic (exact) mass is 517 g/mol. The summed E-state index contributed by atoms with van der Waals surface area (Å²) in [6.07, 6.45) is 0. The van der Waals surface area contributed by atoms with E-state index in [-0.39, 0.29) is 5.41 Å². The first-order valence-corrected chi connectivity index (χ1v) is 13.6. The van der Waals surface area contributed by atoms with Gasteiger partial charge in [-0.25, -0.2) is 15.0 Å². The minimum atomic E-state index is 0.0783. The number of aromatic nitrogens is 3. The van der Waals surface area contributed by atoms with Crippen LogP contribution in [-0.2, 0) is 5.41 Å². The van der Waals surface area contributed by atoms with Gasteiger partial charge in [-0.2, -0.15) is 0 Å². The highest BCUT2D eigenvalue weighted by molar-refractivity contribution is 5.72. The first-order valence-electron chi connectivity index (χ1n) is 13.6. The molecule has 0 spiro atoms. The van der Waals surface area contributed by atoms with Crippen LogP contribution in [-0.4, -0.2) is 15.0 Å². The van der Waals surface area contributed by atoms with E-state index in [1.165, 1.54) is 16.7 Å². The average Bonchev–Trinajstić information content (AvgIpc) is 3.01. The van der Waals surface area contributed by atoms with Crippen molar-refractivity contribution < 1.29 is 0 Å². The lowest BCUT2D eigenvalue weighted by Crippen LogP contribution is -2.10. The van der Waals surface area contributed by atoms with Crippen LogP contribution in [0.2, 0.25) is 0 Å². The Hall–Kier alpha value is -4.89. The molecule has 0 unspecified atom stereocenters. The second-order valence-corrected chi connectivity index (χ2v) is 11.0. The third-order valence-corrected chi connectivity index (χ3v) is 7.14. The van der Waals surface area contributed by atoms with Gasteiger partial charge in [0.25, 0.3) is 0 Å². The number of nitrogens with zero attached hydrogens (tertiary/aromatic N) is 3. The Morgan fingerprint density at radius 2 is 0.600 bits per heavy atom. The quantitative estimate of drug-likeness (QED) is 0.229. The Bertz CT molecular complexity index is 1610. The molecule has 0 N–H and O–H groups in total. The second kappa shape index (κ2) is 10.7. The first-order chi connectivity index (χ1) is 19.4. The van der Waals surface area contributed by atoms with Crippen molar-refractivity contribution in [2.45, 2.75) is 26.2 Å². The number of hydrogen-bond acceptors (Lipinski definition) is 3. The van der Waals surface area contributed by atoms with E-state index in [1.807, 2.05) is 12.1 Å². The standard InChI is InChI=1S/C37H31N3/c1-37(2,3)33-24-22-32(23-25-33)36-39-34(30-18-14-28(15-19-30)26-10-6-4-7-11-26)38-35(40-36)31-20-16-29(17-21-31)27-12-8-5-9-13-27/h4-25H,1-3H3. The molecule has 0 bridgehead atoms. The van der Waals surface area contributed by atoms with Gasteiger partial charge in [0.2, 0.25) is 0 Å². The summed E-state index contributed by atoms with van der Waals surface area (Å²) in [5, 5.41) is 0. The van der Waals surface area contributed by atoms with Gasteiger partial charge in [-0.1, -0.05) is 154 Å². The highest BCUT2D eigenvalue weighted by Gasteiger charge is 2.16. The van der Waals surface area contributed by atoms with Gasteiger partial charge in [0.15, 0.2) is 17.5 Å². The lowest BCUT2D eigenvalue weighted by atomic mass is 9.87. The molecule has 0 aliphatic heterocycles. The molecule has 0 saturated carbocycles. The summed E-state index contributed by atoms with van der Waals surface area (Å²) >= 11 is 0. The minimum Gasteiger partial charge on any atom is -0.208 e. The Kier molecular flexibility index (Phi) is 6.79. The summed E-state index contributed by atoms with van der Waals surface area (Å²) in [7, 11) is 0. The van der Waals surface area contributed by atoms with Crippen LogP contribution in [0.25, 0.3) is 56.4 Å². The van der Waals surface area contributed by atoms with Crippen LogP contribution in [0.4, 0.5) is 0 Å². The number of benzene rings is 5. The molecule has 5 aromatic carbocycles. The van der Waals surface area contributed by atoms with Crippen LogP contribution < -0.4 is 0 Å². The molecule has 3 heteroatoms. The molecule has 0 aliphatic carbocycles. The van der Waals surface area contributed by atoms with Gasteiger partial charge in [-0.15, -0.1) is 0 Å². The van der Waals surface area contributed by atoms with E-state index >= 15 is 0 Å². The summed E-state index contributed by atoms with van der Waals surface area (Å²) in [5.74, 6) is 1.98. The van der Waals surface area contributed by atoms with Crippen molar-refractivity contribution >= 4 is 0 Å². The van der Waals surface area contributed by atoms with E-state index in [9.17, 15) is 0 Å². The van der Waals surface area contributed by atoms with E-state index in [1.54, 1.807) is 0 Å². The summed E-state index contributed by atoms with van der Waals surface area (Å²) in [5.41, 5.74) is 8.93. The molecule has 1 aromatic heterocycles. The van der Waals surface area contributed by atoms with Gasteiger partial charge < -0.3 is 0 Å². The van der Waals surface area contributed by atoms with Gasteiger partial charge in [0, 0.05) is 16.7 Å². The maximum Gasteiger partial charge on any atom is 0.164 e. The summed E-state index contributed by atoms with van der Waals surface area (Å²) < 4.78 is 0. The molecule has 0 saturated heterocycles. The lowest BCUT2D eigenvalue weighted by molar-refractivity contribution is 0.590. The largest absolute Gasteiger partial charge is 0.208 e. The maximum absolute atomic E-state index is 4.94. The van der Waals surface area contributed by atoms with E-state index < -0.39 is 0 Å². The maximum atomic E-state index is 4.94. The van der Waals surface area contributed by atoms with Crippen molar-refractivity contribution in [3.05, 3.63) is 139 Å². The zero-order valence-electron chi connectivity index (χ0n) is 23.0. The molecule has 1 heterocycles. The minimum absolute atomic E-state index is 0.0783. The fourth-order valence-electron chi connectivity index (χ4n) is 4.77. The molecule has 3 nitrogen and oxygen atoms in total. The predicted octanol–water partition coefficient (Wildman–Crippen LogP) is 9.50. The Balaban J connectivity index is 1.42. The predicted molar refractivity (Wildman–Crippen MR) is 166 cm³/mol. The molecule has 6 aromatic rings. The van der Waals surface area contributed by atoms with Crippen molar-refractivity contribution in [1.29, 1.82) is 0 Å². The molecular weight excluding hydrogens is 486 g/mol. The summed E-state index contributed by atoms with van der Waals surface area (Å²) in [6, 6.07) is 46.2. The summed E-state index contributed by atoms with van der Waals surface area (Å²) in [4.78, 5) is 14.8. The highest BCUT2D eigenvalue weighted by atomic mass is 15.0. The smallest absolute Gasteiger partial charge is 0.164 e. The molecule has 0 atom stereocenters. The number of hydrogen-bond donors (Lipinski definition) is 0. The topological polar surface area (TPSA) is 38.7 Å². The molecule has 0 amide bonds. The van der Waals surface area contributed by atoms with Crippen molar-refractivity contribution in [2.75, 3.05) is 0 Å². The molecule has 0 fully saturated rings. The number of rotatable bonds is 5. The van der Waals surface area contributed by atoms with Gasteiger partial charge in [-0.05, 0) is 33.2 Å².